The van der Waals surface area contributed by atoms with Crippen molar-refractivity contribution in [3.05, 3.63) is 90.2 Å². The van der Waals surface area contributed by atoms with Crippen molar-refractivity contribution >= 4 is 39.4 Å². The molecule has 0 spiro atoms. The number of benzene rings is 2. The van der Waals surface area contributed by atoms with Gasteiger partial charge >= 0.3 is 5.97 Å². The number of methoxy groups -OCH3 is 1. The third-order valence-electron chi connectivity index (χ3n) is 4.93. The van der Waals surface area contributed by atoms with E-state index in [1.807, 2.05) is 0 Å². The molecule has 0 saturated heterocycles. The highest BCUT2D eigenvalue weighted by Gasteiger charge is 2.30. The fourth-order valence-corrected chi connectivity index (χ4v) is 4.48. The van der Waals surface area contributed by atoms with Gasteiger partial charge in [-0.15, -0.1) is 0 Å². The lowest BCUT2D eigenvalue weighted by Gasteiger charge is -2.24. The molecular weight excluding hydrogens is 474 g/mol. The summed E-state index contributed by atoms with van der Waals surface area (Å²) in [6.45, 7) is 3.74. The zero-order chi connectivity index (χ0) is 25.0. The van der Waals surface area contributed by atoms with Crippen molar-refractivity contribution in [3.63, 3.8) is 0 Å². The second kappa shape index (κ2) is 9.77. The number of anilines is 2. The molecule has 1 aliphatic rings. The molecule has 11 heteroatoms. The Morgan fingerprint density at radius 2 is 1.97 bits per heavy atom. The molecule has 2 aromatic carbocycles. The van der Waals surface area contributed by atoms with Gasteiger partial charge < -0.3 is 24.5 Å². The zero-order valence-electron chi connectivity index (χ0n) is 18.5. The monoisotopic (exact) mass is 495 g/mol. The smallest absolute Gasteiger partial charge is 0.350 e. The van der Waals surface area contributed by atoms with Crippen molar-refractivity contribution < 1.29 is 31.9 Å². The number of amides is 1. The SMILES string of the molecule is C=C1Nc2cc(NS(=O)(=O)c3ccccc3)c(/C=C/C(=O)NCc3ccco3)c(OC)c2C(=O)O1. The molecule has 0 radical (unpaired) electrons. The Kier molecular flexibility index (Phi) is 6.60. The van der Waals surface area contributed by atoms with Crippen LogP contribution in [0.2, 0.25) is 0 Å². The van der Waals surface area contributed by atoms with Crippen LogP contribution in [-0.4, -0.2) is 27.4 Å². The molecule has 2 heterocycles. The average molecular weight is 496 g/mol. The number of fused-ring (bicyclic) bond motifs is 1. The molecular formula is C24H21N3O7S. The van der Waals surface area contributed by atoms with Gasteiger partial charge in [-0.3, -0.25) is 9.52 Å². The van der Waals surface area contributed by atoms with Gasteiger partial charge in [-0.05, 0) is 43.0 Å². The van der Waals surface area contributed by atoms with Crippen LogP contribution in [0, 0.1) is 0 Å². The van der Waals surface area contributed by atoms with Crippen LogP contribution in [0.1, 0.15) is 21.7 Å². The van der Waals surface area contributed by atoms with Crippen LogP contribution in [0.4, 0.5) is 11.4 Å². The van der Waals surface area contributed by atoms with Gasteiger partial charge in [-0.2, -0.15) is 0 Å². The van der Waals surface area contributed by atoms with Gasteiger partial charge in [0, 0.05) is 11.6 Å². The molecule has 1 amide bonds. The molecule has 0 bridgehead atoms. The van der Waals surface area contributed by atoms with E-state index >= 15 is 0 Å². The molecule has 180 valence electrons. The lowest BCUT2D eigenvalue weighted by atomic mass is 10.0. The van der Waals surface area contributed by atoms with Gasteiger partial charge in [0.05, 0.1) is 36.2 Å². The highest BCUT2D eigenvalue weighted by Crippen LogP contribution is 2.41. The minimum atomic E-state index is -4.01. The first-order valence-electron chi connectivity index (χ1n) is 10.3. The maximum Gasteiger partial charge on any atom is 0.350 e. The lowest BCUT2D eigenvalue weighted by Crippen LogP contribution is -2.22. The van der Waals surface area contributed by atoms with E-state index in [9.17, 15) is 18.0 Å². The highest BCUT2D eigenvalue weighted by molar-refractivity contribution is 7.92. The second-order valence-electron chi connectivity index (χ2n) is 7.28. The summed E-state index contributed by atoms with van der Waals surface area (Å²) in [6, 6.07) is 12.6. The van der Waals surface area contributed by atoms with E-state index in [4.69, 9.17) is 13.9 Å². The zero-order valence-corrected chi connectivity index (χ0v) is 19.3. The molecule has 0 unspecified atom stereocenters. The Morgan fingerprint density at radius 3 is 2.66 bits per heavy atom. The topological polar surface area (TPSA) is 136 Å². The van der Waals surface area contributed by atoms with E-state index in [1.165, 1.54) is 43.7 Å². The fourth-order valence-electron chi connectivity index (χ4n) is 3.38. The van der Waals surface area contributed by atoms with Crippen molar-refractivity contribution in [1.29, 1.82) is 0 Å². The van der Waals surface area contributed by atoms with Crippen LogP contribution in [0.25, 0.3) is 6.08 Å². The molecule has 10 nitrogen and oxygen atoms in total. The van der Waals surface area contributed by atoms with Crippen LogP contribution in [-0.2, 0) is 26.1 Å². The van der Waals surface area contributed by atoms with Gasteiger partial charge in [0.1, 0.15) is 17.1 Å². The number of ether oxygens (including phenoxy) is 2. The van der Waals surface area contributed by atoms with Crippen molar-refractivity contribution in [2.75, 3.05) is 17.1 Å². The van der Waals surface area contributed by atoms with Crippen LogP contribution in [0.5, 0.6) is 5.75 Å². The molecule has 0 aliphatic carbocycles. The van der Waals surface area contributed by atoms with E-state index in [0.29, 0.717) is 5.76 Å². The van der Waals surface area contributed by atoms with Crippen molar-refractivity contribution in [1.82, 2.24) is 5.32 Å². The molecule has 3 N–H and O–H groups in total. The number of carbonyl (C=O) groups is 2. The van der Waals surface area contributed by atoms with E-state index in [2.05, 4.69) is 21.9 Å². The fraction of sp³-hybridized carbons (Fsp3) is 0.0833. The Labute approximate surface area is 201 Å². The second-order valence-corrected chi connectivity index (χ2v) is 8.96. The molecule has 3 aromatic rings. The highest BCUT2D eigenvalue weighted by atomic mass is 32.2. The summed E-state index contributed by atoms with van der Waals surface area (Å²) >= 11 is 0. The number of cyclic esters (lactones) is 1. The minimum absolute atomic E-state index is 0.00773. The molecule has 35 heavy (non-hydrogen) atoms. The van der Waals surface area contributed by atoms with Crippen molar-refractivity contribution in [3.8, 4) is 5.75 Å². The van der Waals surface area contributed by atoms with Gasteiger partial charge in [-0.1, -0.05) is 18.2 Å². The molecule has 0 fully saturated rings. The van der Waals surface area contributed by atoms with Crippen LogP contribution in [0.3, 0.4) is 0 Å². The van der Waals surface area contributed by atoms with Gasteiger partial charge in [0.15, 0.2) is 5.88 Å². The average Bonchev–Trinajstić information content (AvgIpc) is 3.35. The minimum Gasteiger partial charge on any atom is -0.495 e. The van der Waals surface area contributed by atoms with Gasteiger partial charge in [0.2, 0.25) is 5.91 Å². The number of carbonyl (C=O) groups excluding carboxylic acids is 2. The summed E-state index contributed by atoms with van der Waals surface area (Å²) in [6.07, 6.45) is 4.02. The maximum atomic E-state index is 13.0. The number of furan rings is 1. The summed E-state index contributed by atoms with van der Waals surface area (Å²) in [5.41, 5.74) is 0.464. The van der Waals surface area contributed by atoms with Gasteiger partial charge in [-0.25, -0.2) is 13.2 Å². The van der Waals surface area contributed by atoms with Crippen molar-refractivity contribution in [2.45, 2.75) is 11.4 Å². The largest absolute Gasteiger partial charge is 0.495 e. The maximum absolute atomic E-state index is 13.0. The predicted octanol–water partition coefficient (Wildman–Crippen LogP) is 3.47. The summed E-state index contributed by atoms with van der Waals surface area (Å²) in [7, 11) is -2.70. The molecule has 1 aromatic heterocycles. The Balaban J connectivity index is 1.75. The standard InChI is InChI=1S/C24H21N3O7S/c1-15-26-20-13-19(27-35(30,31)17-8-4-3-5-9-17)18(23(32-2)22(20)24(29)34-15)10-11-21(28)25-14-16-7-6-12-33-16/h3-13,26-27H,1,14H2,2H3,(H,25,28)/b11-10+. The number of sulfonamides is 1. The van der Waals surface area contributed by atoms with Gasteiger partial charge in [0.25, 0.3) is 10.0 Å². The quantitative estimate of drug-likeness (QED) is 0.319. The third-order valence-corrected chi connectivity index (χ3v) is 6.32. The number of rotatable bonds is 8. The normalized spacial score (nSPS) is 13.1. The molecule has 0 atom stereocenters. The van der Waals surface area contributed by atoms with Crippen LogP contribution >= 0.6 is 0 Å². The van der Waals surface area contributed by atoms with Crippen LogP contribution in [0.15, 0.2) is 82.6 Å². The van der Waals surface area contributed by atoms with E-state index in [1.54, 1.807) is 30.3 Å². The first kappa shape index (κ1) is 23.6. The van der Waals surface area contributed by atoms with Crippen LogP contribution < -0.4 is 20.1 Å². The molecule has 4 rings (SSSR count). The lowest BCUT2D eigenvalue weighted by molar-refractivity contribution is -0.116. The number of hydrogen-bond donors (Lipinski definition) is 3. The summed E-state index contributed by atoms with van der Waals surface area (Å²) < 4.78 is 44.2. The summed E-state index contributed by atoms with van der Waals surface area (Å²) in [4.78, 5) is 25.0. The summed E-state index contributed by atoms with van der Waals surface area (Å²) in [5.74, 6) is -0.680. The Hall–Kier alpha value is -4.51. The van der Waals surface area contributed by atoms with E-state index in [0.717, 1.165) is 0 Å². The number of esters is 1. The Bertz CT molecular complexity index is 1410. The van der Waals surface area contributed by atoms with Crippen molar-refractivity contribution in [2.24, 2.45) is 0 Å². The first-order valence-corrected chi connectivity index (χ1v) is 11.8. The number of hydrogen-bond acceptors (Lipinski definition) is 8. The Morgan fingerprint density at radius 1 is 1.20 bits per heavy atom. The summed E-state index contributed by atoms with van der Waals surface area (Å²) in [5, 5.41) is 5.44. The molecule has 0 saturated carbocycles. The first-order chi connectivity index (χ1) is 16.8. The third kappa shape index (κ3) is 5.20. The number of nitrogens with one attached hydrogen (secondary N) is 3. The van der Waals surface area contributed by atoms with E-state index < -0.39 is 21.9 Å². The predicted molar refractivity (Wildman–Crippen MR) is 128 cm³/mol. The van der Waals surface area contributed by atoms with E-state index in [-0.39, 0.29) is 45.6 Å². The molecule has 1 aliphatic heterocycles.